The number of carbonyl (C=O) groups is 1. The highest BCUT2D eigenvalue weighted by molar-refractivity contribution is 5.88. The van der Waals surface area contributed by atoms with E-state index in [9.17, 15) is 4.79 Å². The first-order valence-electron chi connectivity index (χ1n) is 7.66. The van der Waals surface area contributed by atoms with Crippen molar-refractivity contribution in [3.8, 4) is 0 Å². The van der Waals surface area contributed by atoms with E-state index in [1.54, 1.807) is 20.3 Å². The summed E-state index contributed by atoms with van der Waals surface area (Å²) >= 11 is 0. The first-order valence-corrected chi connectivity index (χ1v) is 7.66. The third kappa shape index (κ3) is 1.71. The standard InChI is InChI=1S/C16H21NO4/c1-19-15(20-2)12-5-6-13-16-8-7-11(17(12)13)4-3-10(16)9-14(18)21-16/h3-4,9,11-13,15H,5-8H2,1-2H3/t11-,12?,13-,16+/m1/s1. The highest BCUT2D eigenvalue weighted by Crippen LogP contribution is 2.51. The average Bonchev–Trinajstić information content (AvgIpc) is 2.98. The molecule has 2 bridgehead atoms. The SMILES string of the molecule is COC(OC)C1CC[C@H]2N1[C@@H]1C=CC3=CC(=O)O[C@@]32CC1. The second-order valence-electron chi connectivity index (χ2n) is 6.32. The normalized spacial score (nSPS) is 41.0. The smallest absolute Gasteiger partial charge is 0.332 e. The van der Waals surface area contributed by atoms with Gasteiger partial charge in [0, 0.05) is 31.9 Å². The molecule has 5 rings (SSSR count). The van der Waals surface area contributed by atoms with Crippen molar-refractivity contribution in [3.63, 3.8) is 0 Å². The molecular formula is C16H21NO4. The van der Waals surface area contributed by atoms with Gasteiger partial charge >= 0.3 is 5.97 Å². The van der Waals surface area contributed by atoms with Gasteiger partial charge in [0.15, 0.2) is 11.9 Å². The number of nitrogens with zero attached hydrogens (tertiary/aromatic N) is 1. The summed E-state index contributed by atoms with van der Waals surface area (Å²) in [5, 5.41) is 0. The highest BCUT2D eigenvalue weighted by Gasteiger charge is 2.60. The molecule has 1 spiro atoms. The van der Waals surface area contributed by atoms with Gasteiger partial charge in [-0.1, -0.05) is 12.2 Å². The van der Waals surface area contributed by atoms with Crippen LogP contribution < -0.4 is 0 Å². The van der Waals surface area contributed by atoms with Crippen LogP contribution in [0, 0.1) is 0 Å². The van der Waals surface area contributed by atoms with E-state index in [0.29, 0.717) is 6.04 Å². The lowest BCUT2D eigenvalue weighted by Crippen LogP contribution is -2.60. The molecule has 0 amide bonds. The van der Waals surface area contributed by atoms with Crippen LogP contribution in [-0.4, -0.2) is 55.1 Å². The molecule has 5 heteroatoms. The molecular weight excluding hydrogens is 270 g/mol. The molecule has 0 saturated carbocycles. The molecule has 114 valence electrons. The van der Waals surface area contributed by atoms with Crippen molar-refractivity contribution in [1.82, 2.24) is 4.90 Å². The minimum Gasteiger partial charge on any atom is -0.449 e. The molecule has 5 aliphatic rings. The molecule has 0 aromatic rings. The Hall–Kier alpha value is -1.17. The Morgan fingerprint density at radius 2 is 2.14 bits per heavy atom. The largest absolute Gasteiger partial charge is 0.449 e. The van der Waals surface area contributed by atoms with E-state index in [1.165, 1.54) is 0 Å². The molecule has 5 nitrogen and oxygen atoms in total. The van der Waals surface area contributed by atoms with Gasteiger partial charge in [-0.3, -0.25) is 4.90 Å². The van der Waals surface area contributed by atoms with Crippen molar-refractivity contribution >= 4 is 5.97 Å². The maximum absolute atomic E-state index is 11.8. The number of ether oxygens (including phenoxy) is 3. The molecule has 2 saturated heterocycles. The third-order valence-corrected chi connectivity index (χ3v) is 5.53. The molecule has 4 aliphatic heterocycles. The summed E-state index contributed by atoms with van der Waals surface area (Å²) in [6.45, 7) is 0. The Kier molecular flexibility index (Phi) is 3.00. The van der Waals surface area contributed by atoms with E-state index >= 15 is 0 Å². The van der Waals surface area contributed by atoms with Crippen LogP contribution in [0.1, 0.15) is 25.7 Å². The lowest BCUT2D eigenvalue weighted by atomic mass is 9.79. The van der Waals surface area contributed by atoms with Crippen molar-refractivity contribution in [2.45, 2.75) is 55.7 Å². The van der Waals surface area contributed by atoms with Crippen LogP contribution in [0.3, 0.4) is 0 Å². The fraction of sp³-hybridized carbons (Fsp3) is 0.688. The Morgan fingerprint density at radius 1 is 1.33 bits per heavy atom. The molecule has 0 aromatic carbocycles. The molecule has 0 radical (unpaired) electrons. The molecule has 4 atom stereocenters. The number of hydrogen-bond donors (Lipinski definition) is 0. The zero-order chi connectivity index (χ0) is 14.6. The summed E-state index contributed by atoms with van der Waals surface area (Å²) in [7, 11) is 3.37. The van der Waals surface area contributed by atoms with E-state index in [1.807, 2.05) is 0 Å². The Morgan fingerprint density at radius 3 is 2.90 bits per heavy atom. The topological polar surface area (TPSA) is 48.0 Å². The van der Waals surface area contributed by atoms with E-state index < -0.39 is 5.60 Å². The summed E-state index contributed by atoms with van der Waals surface area (Å²) < 4.78 is 16.8. The van der Waals surface area contributed by atoms with Gasteiger partial charge in [0.25, 0.3) is 0 Å². The first-order chi connectivity index (χ1) is 10.2. The third-order valence-electron chi connectivity index (χ3n) is 5.53. The Bertz CT molecular complexity index is 524. The van der Waals surface area contributed by atoms with E-state index in [0.717, 1.165) is 31.3 Å². The fourth-order valence-electron chi connectivity index (χ4n) is 4.75. The number of piperidine rings is 1. The van der Waals surface area contributed by atoms with Crippen LogP contribution in [0.25, 0.3) is 0 Å². The Balaban J connectivity index is 1.74. The Labute approximate surface area is 124 Å². The molecule has 1 unspecified atom stereocenters. The summed E-state index contributed by atoms with van der Waals surface area (Å²) in [5.74, 6) is -0.201. The minimum absolute atomic E-state index is 0.201. The number of carbonyl (C=O) groups excluding carboxylic acids is 1. The number of hydrogen-bond acceptors (Lipinski definition) is 5. The van der Waals surface area contributed by atoms with E-state index in [4.69, 9.17) is 14.2 Å². The molecule has 0 aromatic heterocycles. The predicted molar refractivity (Wildman–Crippen MR) is 75.5 cm³/mol. The quantitative estimate of drug-likeness (QED) is 0.581. The number of rotatable bonds is 3. The second kappa shape index (κ2) is 4.66. The average molecular weight is 291 g/mol. The van der Waals surface area contributed by atoms with Crippen LogP contribution in [0.5, 0.6) is 0 Å². The monoisotopic (exact) mass is 291 g/mol. The molecule has 0 N–H and O–H groups in total. The second-order valence-corrected chi connectivity index (χ2v) is 6.32. The zero-order valence-electron chi connectivity index (χ0n) is 12.5. The summed E-state index contributed by atoms with van der Waals surface area (Å²) in [6, 6.07) is 0.836. The zero-order valence-corrected chi connectivity index (χ0v) is 12.5. The van der Waals surface area contributed by atoms with Crippen molar-refractivity contribution in [2.24, 2.45) is 0 Å². The van der Waals surface area contributed by atoms with Crippen LogP contribution in [0.15, 0.2) is 23.8 Å². The van der Waals surface area contributed by atoms with Crippen LogP contribution in [0.2, 0.25) is 0 Å². The first kappa shape index (κ1) is 13.5. The number of esters is 1. The summed E-state index contributed by atoms with van der Waals surface area (Å²) in [4.78, 5) is 14.3. The van der Waals surface area contributed by atoms with Crippen LogP contribution in [0.4, 0.5) is 0 Å². The van der Waals surface area contributed by atoms with Gasteiger partial charge in [0.1, 0.15) is 0 Å². The van der Waals surface area contributed by atoms with Gasteiger partial charge in [0.05, 0.1) is 12.1 Å². The maximum Gasteiger partial charge on any atom is 0.332 e. The fourth-order valence-corrected chi connectivity index (χ4v) is 4.75. The molecule has 2 fully saturated rings. The predicted octanol–water partition coefficient (Wildman–Crippen LogP) is 1.39. The van der Waals surface area contributed by atoms with Gasteiger partial charge in [-0.15, -0.1) is 0 Å². The van der Waals surface area contributed by atoms with Gasteiger partial charge in [-0.2, -0.15) is 0 Å². The highest BCUT2D eigenvalue weighted by atomic mass is 16.7. The minimum atomic E-state index is -0.443. The van der Waals surface area contributed by atoms with Gasteiger partial charge in [0.2, 0.25) is 0 Å². The van der Waals surface area contributed by atoms with Gasteiger partial charge < -0.3 is 14.2 Å². The van der Waals surface area contributed by atoms with E-state index in [-0.39, 0.29) is 24.3 Å². The lowest BCUT2D eigenvalue weighted by molar-refractivity contribution is -0.172. The van der Waals surface area contributed by atoms with Crippen molar-refractivity contribution in [1.29, 1.82) is 0 Å². The number of fused-ring (bicyclic) bond motifs is 1. The van der Waals surface area contributed by atoms with Gasteiger partial charge in [-0.25, -0.2) is 4.79 Å². The summed E-state index contributed by atoms with van der Waals surface area (Å²) in [6.07, 6.45) is 9.69. The van der Waals surface area contributed by atoms with Crippen molar-refractivity contribution in [3.05, 3.63) is 23.8 Å². The van der Waals surface area contributed by atoms with Crippen molar-refractivity contribution < 1.29 is 19.0 Å². The maximum atomic E-state index is 11.8. The molecule has 21 heavy (non-hydrogen) atoms. The van der Waals surface area contributed by atoms with Gasteiger partial charge in [-0.05, 0) is 25.7 Å². The summed E-state index contributed by atoms with van der Waals surface area (Å²) in [5.41, 5.74) is 0.607. The van der Waals surface area contributed by atoms with E-state index in [2.05, 4.69) is 17.1 Å². The molecule has 4 heterocycles. The molecule has 1 aliphatic carbocycles. The van der Waals surface area contributed by atoms with Crippen LogP contribution >= 0.6 is 0 Å². The lowest BCUT2D eigenvalue weighted by Gasteiger charge is -2.48. The van der Waals surface area contributed by atoms with Crippen LogP contribution in [-0.2, 0) is 19.0 Å². The van der Waals surface area contributed by atoms with Crippen molar-refractivity contribution in [2.75, 3.05) is 14.2 Å². The number of methoxy groups -OCH3 is 2.